The van der Waals surface area contributed by atoms with E-state index in [1.165, 1.54) is 0 Å². The van der Waals surface area contributed by atoms with Crippen LogP contribution in [0.4, 0.5) is 5.69 Å². The number of anilines is 1. The molecule has 8 heteroatoms. The molecule has 0 bridgehead atoms. The summed E-state index contributed by atoms with van der Waals surface area (Å²) in [5, 5.41) is 10.1. The summed E-state index contributed by atoms with van der Waals surface area (Å²) in [5.74, 6) is 0. The number of aryl methyl sites for hydroxylation is 1. The molecule has 0 unspecified atom stereocenters. The highest BCUT2D eigenvalue weighted by atomic mass is 35.5. The topological polar surface area (TPSA) is 112 Å². The second-order valence-corrected chi connectivity index (χ2v) is 7.66. The number of H-pyrrole nitrogens is 1. The molecule has 0 spiro atoms. The number of nitriles is 1. The first kappa shape index (κ1) is 20.8. The Morgan fingerprint density at radius 3 is 2.48 bits per heavy atom. The van der Waals surface area contributed by atoms with E-state index in [0.29, 0.717) is 29.7 Å². The molecule has 0 radical (unpaired) electrons. The summed E-state index contributed by atoms with van der Waals surface area (Å²) >= 11 is 0. The molecule has 0 aliphatic rings. The van der Waals surface area contributed by atoms with E-state index in [1.807, 2.05) is 13.0 Å². The first-order chi connectivity index (χ1) is 12.5. The molecule has 0 saturated carbocycles. The third-order valence-electron chi connectivity index (χ3n) is 4.33. The first-order valence-electron chi connectivity index (χ1n) is 8.35. The number of hydrogen-bond donors (Lipinski definition) is 3. The standard InChI is InChI=1S/C19H20N4O2S.ClH/c1-2-14-5-8-17(19-18(14)15(11-21)12-22-19)23-26(24,25)16-6-3-13(4-7-16)9-10-20;/h3-8,12,22-23H,2,9-10,20H2,1H3;1H. The molecule has 0 saturated heterocycles. The van der Waals surface area contributed by atoms with E-state index >= 15 is 0 Å². The zero-order valence-corrected chi connectivity index (χ0v) is 16.5. The molecule has 27 heavy (non-hydrogen) atoms. The molecule has 0 aliphatic carbocycles. The first-order valence-corrected chi connectivity index (χ1v) is 9.83. The number of aromatic amines is 1. The van der Waals surface area contributed by atoms with E-state index in [4.69, 9.17) is 5.73 Å². The van der Waals surface area contributed by atoms with Crippen LogP contribution in [0.2, 0.25) is 0 Å². The van der Waals surface area contributed by atoms with Crippen LogP contribution in [0.15, 0.2) is 47.5 Å². The van der Waals surface area contributed by atoms with Crippen LogP contribution in [0.3, 0.4) is 0 Å². The minimum atomic E-state index is -3.74. The van der Waals surface area contributed by atoms with Crippen LogP contribution in [-0.2, 0) is 22.9 Å². The van der Waals surface area contributed by atoms with Gasteiger partial charge >= 0.3 is 0 Å². The molecule has 3 aromatic rings. The summed E-state index contributed by atoms with van der Waals surface area (Å²) in [6.45, 7) is 2.51. The van der Waals surface area contributed by atoms with Crippen LogP contribution in [0.1, 0.15) is 23.6 Å². The van der Waals surface area contributed by atoms with Gasteiger partial charge in [-0.1, -0.05) is 25.1 Å². The predicted molar refractivity (Wildman–Crippen MR) is 110 cm³/mol. The number of halogens is 1. The zero-order chi connectivity index (χ0) is 18.7. The summed E-state index contributed by atoms with van der Waals surface area (Å²) in [7, 11) is -3.74. The Hall–Kier alpha value is -2.53. The van der Waals surface area contributed by atoms with E-state index < -0.39 is 10.0 Å². The Morgan fingerprint density at radius 1 is 1.19 bits per heavy atom. The second kappa shape index (κ2) is 8.44. The van der Waals surface area contributed by atoms with Crippen LogP contribution >= 0.6 is 12.4 Å². The van der Waals surface area contributed by atoms with Crippen molar-refractivity contribution in [3.63, 3.8) is 0 Å². The lowest BCUT2D eigenvalue weighted by Gasteiger charge is -2.11. The van der Waals surface area contributed by atoms with Gasteiger partial charge in [0.05, 0.1) is 21.7 Å². The molecule has 1 aromatic heterocycles. The van der Waals surface area contributed by atoms with Gasteiger partial charge in [0, 0.05) is 11.6 Å². The number of sulfonamides is 1. The van der Waals surface area contributed by atoms with Gasteiger partial charge in [-0.25, -0.2) is 8.42 Å². The Morgan fingerprint density at radius 2 is 1.89 bits per heavy atom. The van der Waals surface area contributed by atoms with Crippen molar-refractivity contribution in [2.45, 2.75) is 24.7 Å². The number of nitrogens with zero attached hydrogens (tertiary/aromatic N) is 1. The maximum atomic E-state index is 12.7. The Labute approximate surface area is 164 Å². The van der Waals surface area contributed by atoms with Gasteiger partial charge in [-0.2, -0.15) is 5.26 Å². The molecule has 0 fully saturated rings. The minimum absolute atomic E-state index is 0. The van der Waals surface area contributed by atoms with Gasteiger partial charge in [-0.3, -0.25) is 4.72 Å². The monoisotopic (exact) mass is 404 g/mol. The average Bonchev–Trinajstić information content (AvgIpc) is 3.07. The van der Waals surface area contributed by atoms with Crippen LogP contribution in [0.25, 0.3) is 10.9 Å². The lowest BCUT2D eigenvalue weighted by molar-refractivity contribution is 0.601. The van der Waals surface area contributed by atoms with E-state index in [-0.39, 0.29) is 17.3 Å². The second-order valence-electron chi connectivity index (χ2n) is 5.98. The van der Waals surface area contributed by atoms with Crippen molar-refractivity contribution in [3.05, 3.63) is 59.3 Å². The van der Waals surface area contributed by atoms with Crippen molar-refractivity contribution in [1.29, 1.82) is 5.26 Å². The number of nitrogens with two attached hydrogens (primary N) is 1. The van der Waals surface area contributed by atoms with Crippen molar-refractivity contribution in [2.24, 2.45) is 5.73 Å². The van der Waals surface area contributed by atoms with E-state index in [9.17, 15) is 13.7 Å². The molecule has 0 amide bonds. The summed E-state index contributed by atoms with van der Waals surface area (Å²) in [4.78, 5) is 3.20. The van der Waals surface area contributed by atoms with Gasteiger partial charge in [0.2, 0.25) is 0 Å². The quantitative estimate of drug-likeness (QED) is 0.584. The molecule has 0 aliphatic heterocycles. The average molecular weight is 405 g/mol. The molecule has 3 rings (SSSR count). The normalized spacial score (nSPS) is 11.0. The van der Waals surface area contributed by atoms with Gasteiger partial charge in [0.15, 0.2) is 0 Å². The van der Waals surface area contributed by atoms with Gasteiger partial charge in [0.1, 0.15) is 6.07 Å². The summed E-state index contributed by atoms with van der Waals surface area (Å²) < 4.78 is 28.1. The molecule has 1 heterocycles. The Bertz CT molecular complexity index is 1080. The smallest absolute Gasteiger partial charge is 0.261 e. The highest BCUT2D eigenvalue weighted by molar-refractivity contribution is 7.92. The van der Waals surface area contributed by atoms with Gasteiger partial charge in [-0.15, -0.1) is 12.4 Å². The largest absolute Gasteiger partial charge is 0.358 e. The van der Waals surface area contributed by atoms with Gasteiger partial charge in [-0.05, 0) is 48.7 Å². The Kier molecular flexibility index (Phi) is 6.50. The summed E-state index contributed by atoms with van der Waals surface area (Å²) in [5.41, 5.74) is 9.04. The van der Waals surface area contributed by atoms with Crippen molar-refractivity contribution in [1.82, 2.24) is 4.98 Å². The Balaban J connectivity index is 0.00000261. The number of aromatic nitrogens is 1. The van der Waals surface area contributed by atoms with Crippen molar-refractivity contribution < 1.29 is 8.42 Å². The van der Waals surface area contributed by atoms with Crippen LogP contribution in [-0.4, -0.2) is 19.9 Å². The van der Waals surface area contributed by atoms with Crippen LogP contribution < -0.4 is 10.5 Å². The molecule has 0 atom stereocenters. The van der Waals surface area contributed by atoms with Crippen LogP contribution in [0, 0.1) is 11.3 Å². The van der Waals surface area contributed by atoms with E-state index in [2.05, 4.69) is 15.8 Å². The molecule has 2 aromatic carbocycles. The molecule has 142 valence electrons. The van der Waals surface area contributed by atoms with Crippen molar-refractivity contribution in [3.8, 4) is 6.07 Å². The molecular weight excluding hydrogens is 384 g/mol. The van der Waals surface area contributed by atoms with Crippen molar-refractivity contribution >= 4 is 39.0 Å². The van der Waals surface area contributed by atoms with Gasteiger partial charge < -0.3 is 10.7 Å². The van der Waals surface area contributed by atoms with Crippen LogP contribution in [0.5, 0.6) is 0 Å². The lowest BCUT2D eigenvalue weighted by atomic mass is 10.0. The third-order valence-corrected chi connectivity index (χ3v) is 5.72. The number of benzene rings is 2. The number of nitrogens with one attached hydrogen (secondary N) is 2. The minimum Gasteiger partial charge on any atom is -0.358 e. The highest BCUT2D eigenvalue weighted by Gasteiger charge is 2.18. The molecule has 4 N–H and O–H groups in total. The third kappa shape index (κ3) is 4.08. The summed E-state index contributed by atoms with van der Waals surface area (Å²) in [6.07, 6.45) is 3.05. The fraction of sp³-hybridized carbons (Fsp3) is 0.211. The fourth-order valence-electron chi connectivity index (χ4n) is 2.99. The summed E-state index contributed by atoms with van der Waals surface area (Å²) in [6, 6.07) is 12.4. The van der Waals surface area contributed by atoms with E-state index in [0.717, 1.165) is 22.9 Å². The number of rotatable bonds is 6. The zero-order valence-electron chi connectivity index (χ0n) is 14.8. The molecular formula is C19H21ClN4O2S. The predicted octanol–water partition coefficient (Wildman–Crippen LogP) is 3.33. The number of fused-ring (bicyclic) bond motifs is 1. The van der Waals surface area contributed by atoms with E-state index in [1.54, 1.807) is 36.5 Å². The highest BCUT2D eigenvalue weighted by Crippen LogP contribution is 2.30. The number of hydrogen-bond acceptors (Lipinski definition) is 4. The maximum absolute atomic E-state index is 12.7. The van der Waals surface area contributed by atoms with Gasteiger partial charge in [0.25, 0.3) is 10.0 Å². The maximum Gasteiger partial charge on any atom is 0.261 e. The fourth-order valence-corrected chi connectivity index (χ4v) is 4.07. The molecule has 6 nitrogen and oxygen atoms in total. The SMILES string of the molecule is CCc1ccc(NS(=O)(=O)c2ccc(CCN)cc2)c2[nH]cc(C#N)c12.Cl. The lowest BCUT2D eigenvalue weighted by Crippen LogP contribution is -2.13. The van der Waals surface area contributed by atoms with Crippen molar-refractivity contribution in [2.75, 3.05) is 11.3 Å².